The minimum absolute atomic E-state index is 0.0529. The molecule has 0 spiro atoms. The fraction of sp³-hybridized carbons (Fsp3) is 0.500. The lowest BCUT2D eigenvalue weighted by Crippen LogP contribution is -2.27. The predicted molar refractivity (Wildman–Crippen MR) is 76.8 cm³/mol. The Morgan fingerprint density at radius 2 is 2.05 bits per heavy atom. The lowest BCUT2D eigenvalue weighted by molar-refractivity contribution is -0.122. The largest absolute Gasteiger partial charge is 0.385 e. The molecule has 0 aliphatic heterocycles. The van der Waals surface area contributed by atoms with Crippen molar-refractivity contribution in [2.45, 2.75) is 18.8 Å². The maximum atomic E-state index is 11.9. The number of benzene rings is 1. The molecule has 1 aromatic rings. The Morgan fingerprint density at radius 1 is 1.37 bits per heavy atom. The first-order valence-corrected chi connectivity index (χ1v) is 7.10. The molecule has 2 rings (SSSR count). The number of carbonyl (C=O) groups is 1. The average Bonchev–Trinajstić information content (AvgIpc) is 3.13. The van der Waals surface area contributed by atoms with E-state index in [1.54, 1.807) is 13.2 Å². The number of ether oxygens (including phenoxy) is 1. The first-order valence-electron chi connectivity index (χ1n) is 6.34. The maximum absolute atomic E-state index is 11.9. The van der Waals surface area contributed by atoms with Crippen molar-refractivity contribution in [3.05, 3.63) is 33.8 Å². The Labute approximate surface area is 123 Å². The number of hydrogen-bond acceptors (Lipinski definition) is 2. The van der Waals surface area contributed by atoms with Crippen LogP contribution in [0.15, 0.2) is 18.2 Å². The molecule has 0 aromatic heterocycles. The molecule has 1 amide bonds. The van der Waals surface area contributed by atoms with Crippen molar-refractivity contribution in [3.8, 4) is 0 Å². The van der Waals surface area contributed by atoms with Crippen molar-refractivity contribution < 1.29 is 9.53 Å². The monoisotopic (exact) mass is 301 g/mol. The van der Waals surface area contributed by atoms with Crippen LogP contribution in [0.1, 0.15) is 24.3 Å². The Morgan fingerprint density at radius 3 is 2.68 bits per heavy atom. The Balaban J connectivity index is 1.84. The van der Waals surface area contributed by atoms with Gasteiger partial charge in [-0.15, -0.1) is 0 Å². The molecule has 0 heterocycles. The third-order valence-electron chi connectivity index (χ3n) is 3.26. The predicted octanol–water partition coefficient (Wildman–Crippen LogP) is 3.25. The topological polar surface area (TPSA) is 38.3 Å². The van der Waals surface area contributed by atoms with Crippen molar-refractivity contribution >= 4 is 29.1 Å². The summed E-state index contributed by atoms with van der Waals surface area (Å²) in [6.07, 6.45) is 1.70. The van der Waals surface area contributed by atoms with Crippen LogP contribution in [0.3, 0.4) is 0 Å². The summed E-state index contributed by atoms with van der Waals surface area (Å²) in [7, 11) is 1.65. The number of hydrogen-bond donors (Lipinski definition) is 1. The second kappa shape index (κ2) is 6.60. The van der Waals surface area contributed by atoms with Crippen LogP contribution in [0.2, 0.25) is 10.0 Å². The van der Waals surface area contributed by atoms with Crippen molar-refractivity contribution in [3.63, 3.8) is 0 Å². The van der Waals surface area contributed by atoms with E-state index in [4.69, 9.17) is 27.9 Å². The zero-order valence-electron chi connectivity index (χ0n) is 10.8. The van der Waals surface area contributed by atoms with Crippen molar-refractivity contribution in [2.75, 3.05) is 20.3 Å². The van der Waals surface area contributed by atoms with E-state index in [9.17, 15) is 4.79 Å². The highest BCUT2D eigenvalue weighted by Crippen LogP contribution is 2.48. The molecule has 104 valence electrons. The first-order chi connectivity index (χ1) is 9.11. The number of carbonyl (C=O) groups excluding carboxylic acids is 1. The molecule has 1 aromatic carbocycles. The molecule has 1 N–H and O–H groups in total. The standard InChI is InChI=1S/C14H17Cl2NO2/c1-19-4-2-3-17-14(18)13-8-12(13)9-5-10(15)7-11(16)6-9/h5-7,12-13H,2-4,8H2,1H3,(H,17,18)/t12-,13+/m1/s1. The SMILES string of the molecule is COCCCNC(=O)[C@H]1C[C@@H]1c1cc(Cl)cc(Cl)c1. The normalized spacial score (nSPS) is 21.2. The van der Waals surface area contributed by atoms with Crippen molar-refractivity contribution in [2.24, 2.45) is 5.92 Å². The quantitative estimate of drug-likeness (QED) is 0.819. The van der Waals surface area contributed by atoms with Crippen molar-refractivity contribution in [1.82, 2.24) is 5.32 Å². The number of methoxy groups -OCH3 is 1. The summed E-state index contributed by atoms with van der Waals surface area (Å²) in [6.45, 7) is 1.32. The minimum Gasteiger partial charge on any atom is -0.385 e. The minimum atomic E-state index is 0.0529. The third kappa shape index (κ3) is 4.10. The van der Waals surface area contributed by atoms with Gasteiger partial charge in [0.25, 0.3) is 0 Å². The average molecular weight is 302 g/mol. The van der Waals surface area contributed by atoms with Crippen LogP contribution in [-0.2, 0) is 9.53 Å². The van der Waals surface area contributed by atoms with E-state index in [1.807, 2.05) is 12.1 Å². The Bertz CT molecular complexity index is 445. The molecular weight excluding hydrogens is 285 g/mol. The second-order valence-corrected chi connectivity index (χ2v) is 5.66. The molecule has 5 heteroatoms. The zero-order valence-corrected chi connectivity index (χ0v) is 12.3. The van der Waals surface area contributed by atoms with E-state index in [0.717, 1.165) is 18.4 Å². The molecule has 1 fully saturated rings. The molecule has 3 nitrogen and oxygen atoms in total. The highest BCUT2D eigenvalue weighted by molar-refractivity contribution is 6.34. The summed E-state index contributed by atoms with van der Waals surface area (Å²) >= 11 is 11.9. The fourth-order valence-electron chi connectivity index (χ4n) is 2.20. The van der Waals surface area contributed by atoms with Gasteiger partial charge in [-0.25, -0.2) is 0 Å². The molecule has 2 atom stereocenters. The summed E-state index contributed by atoms with van der Waals surface area (Å²) in [6, 6.07) is 5.47. The molecule has 0 bridgehead atoms. The number of nitrogens with one attached hydrogen (secondary N) is 1. The van der Waals surface area contributed by atoms with E-state index in [0.29, 0.717) is 23.2 Å². The van der Waals surface area contributed by atoms with Crippen LogP contribution in [0.25, 0.3) is 0 Å². The highest BCUT2D eigenvalue weighted by atomic mass is 35.5. The van der Waals surface area contributed by atoms with Crippen LogP contribution in [0, 0.1) is 5.92 Å². The lowest BCUT2D eigenvalue weighted by Gasteiger charge is -2.05. The van der Waals surface area contributed by atoms with Gasteiger partial charge in [-0.05, 0) is 42.5 Å². The Kier molecular flexibility index (Phi) is 5.08. The van der Waals surface area contributed by atoms with Gasteiger partial charge in [0.05, 0.1) is 0 Å². The van der Waals surface area contributed by atoms with Gasteiger partial charge in [0.1, 0.15) is 0 Å². The molecule has 0 unspecified atom stereocenters. The van der Waals surface area contributed by atoms with Gasteiger partial charge in [0.2, 0.25) is 5.91 Å². The van der Waals surface area contributed by atoms with Crippen molar-refractivity contribution in [1.29, 1.82) is 0 Å². The summed E-state index contributed by atoms with van der Waals surface area (Å²) in [5.41, 5.74) is 1.05. The molecule has 0 radical (unpaired) electrons. The van der Waals surface area contributed by atoms with Gasteiger partial charge in [0.15, 0.2) is 0 Å². The van der Waals surface area contributed by atoms with Crippen LogP contribution >= 0.6 is 23.2 Å². The van der Waals surface area contributed by atoms with Gasteiger partial charge in [-0.2, -0.15) is 0 Å². The molecule has 1 aliphatic rings. The van der Waals surface area contributed by atoms with Crippen LogP contribution < -0.4 is 5.32 Å². The fourth-order valence-corrected chi connectivity index (χ4v) is 2.74. The van der Waals surface area contributed by atoms with E-state index in [2.05, 4.69) is 5.32 Å². The smallest absolute Gasteiger partial charge is 0.223 e. The number of rotatable bonds is 6. The van der Waals surface area contributed by atoms with Crippen LogP contribution in [-0.4, -0.2) is 26.2 Å². The molecule has 19 heavy (non-hydrogen) atoms. The van der Waals surface area contributed by atoms with Crippen LogP contribution in [0.4, 0.5) is 0 Å². The maximum Gasteiger partial charge on any atom is 0.223 e. The summed E-state index contributed by atoms with van der Waals surface area (Å²) in [5, 5.41) is 4.16. The van der Waals surface area contributed by atoms with E-state index < -0.39 is 0 Å². The molecular formula is C14H17Cl2NO2. The number of amides is 1. The van der Waals surface area contributed by atoms with Gasteiger partial charge < -0.3 is 10.1 Å². The zero-order chi connectivity index (χ0) is 13.8. The molecule has 1 saturated carbocycles. The summed E-state index contributed by atoms with van der Waals surface area (Å²) < 4.78 is 4.94. The molecule has 1 aliphatic carbocycles. The second-order valence-electron chi connectivity index (χ2n) is 4.79. The third-order valence-corrected chi connectivity index (χ3v) is 3.70. The van der Waals surface area contributed by atoms with Gasteiger partial charge >= 0.3 is 0 Å². The lowest BCUT2D eigenvalue weighted by atomic mass is 10.1. The van der Waals surface area contributed by atoms with Crippen LogP contribution in [0.5, 0.6) is 0 Å². The summed E-state index contributed by atoms with van der Waals surface area (Å²) in [5.74, 6) is 0.410. The number of halogens is 2. The summed E-state index contributed by atoms with van der Waals surface area (Å²) in [4.78, 5) is 11.9. The van der Waals surface area contributed by atoms with E-state index in [1.165, 1.54) is 0 Å². The van der Waals surface area contributed by atoms with E-state index in [-0.39, 0.29) is 17.7 Å². The molecule has 0 saturated heterocycles. The van der Waals surface area contributed by atoms with Gasteiger partial charge in [-0.1, -0.05) is 23.2 Å². The highest BCUT2D eigenvalue weighted by Gasteiger charge is 2.43. The van der Waals surface area contributed by atoms with E-state index >= 15 is 0 Å². The first kappa shape index (κ1) is 14.6. The Hall–Kier alpha value is -0.770. The van der Waals surface area contributed by atoms with Gasteiger partial charge in [0, 0.05) is 36.2 Å². The van der Waals surface area contributed by atoms with Gasteiger partial charge in [-0.3, -0.25) is 4.79 Å².